The van der Waals surface area contributed by atoms with Crippen LogP contribution in [0, 0.1) is 23.5 Å². The molecular formula is C15H21N3S. The molecular weight excluding hydrogens is 254 g/mol. The van der Waals surface area contributed by atoms with Gasteiger partial charge >= 0.3 is 0 Å². The molecule has 0 amide bonds. The molecule has 19 heavy (non-hydrogen) atoms. The third-order valence-electron chi connectivity index (χ3n) is 4.33. The molecule has 0 aromatic carbocycles. The van der Waals surface area contributed by atoms with Crippen LogP contribution >= 0.6 is 12.2 Å². The smallest absolute Gasteiger partial charge is 0.179 e. The summed E-state index contributed by atoms with van der Waals surface area (Å²) < 4.78 is 3.00. The Bertz CT molecular complexity index is 632. The molecule has 0 radical (unpaired) electrons. The van der Waals surface area contributed by atoms with E-state index in [1.807, 2.05) is 13.0 Å². The van der Waals surface area contributed by atoms with E-state index in [2.05, 4.69) is 27.5 Å². The number of H-pyrrole nitrogens is 1. The van der Waals surface area contributed by atoms with Crippen LogP contribution in [0.1, 0.15) is 38.3 Å². The highest BCUT2D eigenvalue weighted by atomic mass is 32.1. The molecule has 2 heterocycles. The van der Waals surface area contributed by atoms with Gasteiger partial charge in [-0.2, -0.15) is 0 Å². The summed E-state index contributed by atoms with van der Waals surface area (Å²) in [6.07, 6.45) is 5.35. The van der Waals surface area contributed by atoms with E-state index >= 15 is 0 Å². The van der Waals surface area contributed by atoms with Crippen molar-refractivity contribution in [2.24, 2.45) is 11.8 Å². The summed E-state index contributed by atoms with van der Waals surface area (Å²) in [5, 5.41) is 0. The molecule has 0 saturated heterocycles. The fraction of sp³-hybridized carbons (Fsp3) is 0.600. The van der Waals surface area contributed by atoms with Gasteiger partial charge in [0.05, 0.1) is 5.52 Å². The van der Waals surface area contributed by atoms with Crippen molar-refractivity contribution in [3.63, 3.8) is 0 Å². The zero-order valence-electron chi connectivity index (χ0n) is 11.6. The summed E-state index contributed by atoms with van der Waals surface area (Å²) in [5.41, 5.74) is 3.12. The summed E-state index contributed by atoms with van der Waals surface area (Å²) in [5.74, 6) is 1.65. The van der Waals surface area contributed by atoms with Crippen molar-refractivity contribution in [2.45, 2.75) is 46.1 Å². The molecule has 1 fully saturated rings. The Morgan fingerprint density at radius 1 is 1.32 bits per heavy atom. The van der Waals surface area contributed by atoms with E-state index in [0.717, 1.165) is 40.0 Å². The Balaban J connectivity index is 1.90. The largest absolute Gasteiger partial charge is 0.329 e. The van der Waals surface area contributed by atoms with Gasteiger partial charge in [0.25, 0.3) is 0 Å². The lowest BCUT2D eigenvalue weighted by Gasteiger charge is -2.26. The molecule has 0 spiro atoms. The number of nitrogens with one attached hydrogen (secondary N) is 1. The normalized spacial score (nSPS) is 23.9. The molecule has 1 saturated carbocycles. The third kappa shape index (κ3) is 2.59. The summed E-state index contributed by atoms with van der Waals surface area (Å²) in [6.45, 7) is 5.41. The molecule has 2 aromatic heterocycles. The van der Waals surface area contributed by atoms with Gasteiger partial charge in [0, 0.05) is 12.2 Å². The molecule has 1 aliphatic rings. The second-order valence-corrected chi connectivity index (χ2v) is 6.38. The monoisotopic (exact) mass is 275 g/mol. The fourth-order valence-corrected chi connectivity index (χ4v) is 3.34. The zero-order chi connectivity index (χ0) is 13.4. The molecule has 2 aromatic rings. The number of aromatic amines is 1. The molecule has 0 bridgehead atoms. The second kappa shape index (κ2) is 5.08. The van der Waals surface area contributed by atoms with E-state index < -0.39 is 0 Å². The van der Waals surface area contributed by atoms with E-state index in [-0.39, 0.29) is 0 Å². The number of rotatable bonds is 2. The second-order valence-electron chi connectivity index (χ2n) is 5.99. The van der Waals surface area contributed by atoms with Gasteiger partial charge in [0.1, 0.15) is 0 Å². The maximum absolute atomic E-state index is 5.46. The number of nitrogens with zero attached hydrogens (tertiary/aromatic N) is 2. The Morgan fingerprint density at radius 3 is 2.79 bits per heavy atom. The zero-order valence-corrected chi connectivity index (χ0v) is 12.5. The number of hydrogen-bond acceptors (Lipinski definition) is 2. The number of aryl methyl sites for hydroxylation is 1. The molecule has 0 atom stereocenters. The first kappa shape index (κ1) is 12.9. The highest BCUT2D eigenvalue weighted by Gasteiger charge is 2.19. The van der Waals surface area contributed by atoms with Crippen LogP contribution in [0.15, 0.2) is 12.1 Å². The van der Waals surface area contributed by atoms with Gasteiger partial charge in [-0.05, 0) is 56.0 Å². The Labute approximate surface area is 119 Å². The highest BCUT2D eigenvalue weighted by molar-refractivity contribution is 7.71. The molecule has 3 rings (SSSR count). The van der Waals surface area contributed by atoms with Crippen molar-refractivity contribution in [2.75, 3.05) is 0 Å². The summed E-state index contributed by atoms with van der Waals surface area (Å²) in [7, 11) is 0. The molecule has 3 nitrogen and oxygen atoms in total. The Morgan fingerprint density at radius 2 is 2.05 bits per heavy atom. The average Bonchev–Trinajstić information content (AvgIpc) is 2.69. The van der Waals surface area contributed by atoms with Crippen LogP contribution in [0.4, 0.5) is 0 Å². The molecule has 102 valence electrons. The molecule has 0 unspecified atom stereocenters. The van der Waals surface area contributed by atoms with Gasteiger partial charge in [-0.3, -0.25) is 0 Å². The lowest BCUT2D eigenvalue weighted by atomic mass is 9.83. The van der Waals surface area contributed by atoms with Crippen LogP contribution in [0.25, 0.3) is 11.2 Å². The van der Waals surface area contributed by atoms with E-state index in [1.165, 1.54) is 25.7 Å². The predicted molar refractivity (Wildman–Crippen MR) is 80.8 cm³/mol. The van der Waals surface area contributed by atoms with E-state index in [0.29, 0.717) is 0 Å². The maximum Gasteiger partial charge on any atom is 0.179 e. The first-order valence-electron chi connectivity index (χ1n) is 7.19. The van der Waals surface area contributed by atoms with Crippen molar-refractivity contribution in [3.05, 3.63) is 22.6 Å². The number of pyridine rings is 1. The van der Waals surface area contributed by atoms with Crippen molar-refractivity contribution >= 4 is 23.4 Å². The van der Waals surface area contributed by atoms with Gasteiger partial charge in [-0.25, -0.2) is 4.98 Å². The first-order chi connectivity index (χ1) is 9.13. The Kier molecular flexibility index (Phi) is 3.44. The summed E-state index contributed by atoms with van der Waals surface area (Å²) in [4.78, 5) is 7.91. The molecule has 0 aliphatic heterocycles. The predicted octanol–water partition coefficient (Wildman–Crippen LogP) is 4.23. The van der Waals surface area contributed by atoms with Gasteiger partial charge in [-0.1, -0.05) is 19.8 Å². The van der Waals surface area contributed by atoms with Gasteiger partial charge in [0.15, 0.2) is 10.4 Å². The number of imidazole rings is 1. The standard InChI is InChI=1S/C15H21N3S/c1-10-3-6-12(7-4-10)9-18-14-13(17-15(18)19)8-5-11(2)16-14/h5,8,10,12H,3-4,6-7,9H2,1-2H3,(H,17,19). The number of fused-ring (bicyclic) bond motifs is 1. The summed E-state index contributed by atoms with van der Waals surface area (Å²) in [6, 6.07) is 4.10. The van der Waals surface area contributed by atoms with Gasteiger partial charge in [0.2, 0.25) is 0 Å². The lowest BCUT2D eigenvalue weighted by molar-refractivity contribution is 0.265. The molecule has 1 aliphatic carbocycles. The summed E-state index contributed by atoms with van der Waals surface area (Å²) >= 11 is 5.46. The SMILES string of the molecule is Cc1ccc2[nH]c(=S)n(CC3CCC(C)CC3)c2n1. The highest BCUT2D eigenvalue weighted by Crippen LogP contribution is 2.30. The van der Waals surface area contributed by atoms with Gasteiger partial charge in [-0.15, -0.1) is 0 Å². The maximum atomic E-state index is 5.46. The number of aromatic nitrogens is 3. The van der Waals surface area contributed by atoms with Crippen molar-refractivity contribution < 1.29 is 0 Å². The molecule has 1 N–H and O–H groups in total. The van der Waals surface area contributed by atoms with Crippen molar-refractivity contribution in [1.29, 1.82) is 0 Å². The van der Waals surface area contributed by atoms with E-state index in [9.17, 15) is 0 Å². The minimum atomic E-state index is 0.754. The number of hydrogen-bond donors (Lipinski definition) is 1. The molecule has 4 heteroatoms. The van der Waals surface area contributed by atoms with E-state index in [1.54, 1.807) is 0 Å². The van der Waals surface area contributed by atoms with Crippen LogP contribution in [0.3, 0.4) is 0 Å². The van der Waals surface area contributed by atoms with Crippen LogP contribution in [-0.4, -0.2) is 14.5 Å². The van der Waals surface area contributed by atoms with Crippen LogP contribution in [0.5, 0.6) is 0 Å². The van der Waals surface area contributed by atoms with Crippen molar-refractivity contribution in [1.82, 2.24) is 14.5 Å². The topological polar surface area (TPSA) is 33.6 Å². The Hall–Kier alpha value is -1.16. The third-order valence-corrected chi connectivity index (χ3v) is 4.66. The first-order valence-corrected chi connectivity index (χ1v) is 7.60. The average molecular weight is 275 g/mol. The minimum Gasteiger partial charge on any atom is -0.329 e. The minimum absolute atomic E-state index is 0.754. The van der Waals surface area contributed by atoms with Gasteiger partial charge < -0.3 is 9.55 Å². The quantitative estimate of drug-likeness (QED) is 0.832. The van der Waals surface area contributed by atoms with E-state index in [4.69, 9.17) is 12.2 Å². The van der Waals surface area contributed by atoms with Crippen LogP contribution in [0.2, 0.25) is 0 Å². The lowest BCUT2D eigenvalue weighted by Crippen LogP contribution is -2.18. The fourth-order valence-electron chi connectivity index (χ4n) is 3.06. The van der Waals surface area contributed by atoms with Crippen molar-refractivity contribution in [3.8, 4) is 0 Å². The van der Waals surface area contributed by atoms with Crippen LogP contribution < -0.4 is 0 Å². The van der Waals surface area contributed by atoms with Crippen LogP contribution in [-0.2, 0) is 6.54 Å².